The van der Waals surface area contributed by atoms with Gasteiger partial charge in [0, 0.05) is 6.08 Å². The van der Waals surface area contributed by atoms with Crippen molar-refractivity contribution in [2.45, 2.75) is 6.42 Å². The van der Waals surface area contributed by atoms with Crippen molar-refractivity contribution >= 4 is 17.9 Å². The van der Waals surface area contributed by atoms with Crippen LogP contribution in [0.15, 0.2) is 12.2 Å². The molecule has 0 amide bonds. The Labute approximate surface area is 73.1 Å². The lowest BCUT2D eigenvalue weighted by atomic mass is 10.1. The van der Waals surface area contributed by atoms with Crippen molar-refractivity contribution in [2.75, 3.05) is 0 Å². The molecule has 0 spiro atoms. The van der Waals surface area contributed by atoms with E-state index < -0.39 is 30.2 Å². The van der Waals surface area contributed by atoms with Crippen LogP contribution in [0.5, 0.6) is 0 Å². The van der Waals surface area contributed by atoms with Crippen molar-refractivity contribution in [1.82, 2.24) is 0 Å². The molecule has 0 aliphatic carbocycles. The molecule has 0 fully saturated rings. The zero-order chi connectivity index (χ0) is 10.4. The highest BCUT2D eigenvalue weighted by Gasteiger charge is 2.17. The molecule has 6 heteroatoms. The summed E-state index contributed by atoms with van der Waals surface area (Å²) in [4.78, 5) is 30.4. The maximum absolute atomic E-state index is 10.3. The van der Waals surface area contributed by atoms with Crippen LogP contribution in [-0.4, -0.2) is 33.2 Å². The van der Waals surface area contributed by atoms with E-state index in [2.05, 4.69) is 0 Å². The normalized spacial score (nSPS) is 12.6. The van der Waals surface area contributed by atoms with E-state index in [0.29, 0.717) is 6.08 Å². The van der Waals surface area contributed by atoms with Gasteiger partial charge in [0.15, 0.2) is 0 Å². The predicted molar refractivity (Wildman–Crippen MR) is 40.2 cm³/mol. The van der Waals surface area contributed by atoms with Crippen LogP contribution in [0, 0.1) is 5.92 Å². The first kappa shape index (κ1) is 11.2. The van der Waals surface area contributed by atoms with Gasteiger partial charge in [-0.2, -0.15) is 0 Å². The highest BCUT2D eigenvalue weighted by atomic mass is 16.4. The second-order valence-corrected chi connectivity index (χ2v) is 2.24. The third-order valence-corrected chi connectivity index (χ3v) is 1.18. The van der Waals surface area contributed by atoms with E-state index in [-0.39, 0.29) is 0 Å². The lowest BCUT2D eigenvalue weighted by Crippen LogP contribution is -2.15. The van der Waals surface area contributed by atoms with E-state index >= 15 is 0 Å². The van der Waals surface area contributed by atoms with E-state index in [0.717, 1.165) is 6.08 Å². The van der Waals surface area contributed by atoms with Gasteiger partial charge in [0.25, 0.3) is 0 Å². The summed E-state index contributed by atoms with van der Waals surface area (Å²) < 4.78 is 0. The molecule has 0 heterocycles. The summed E-state index contributed by atoms with van der Waals surface area (Å²) in [5.74, 6) is -5.26. The van der Waals surface area contributed by atoms with Gasteiger partial charge in [0.05, 0.1) is 12.3 Å². The van der Waals surface area contributed by atoms with Gasteiger partial charge in [0.1, 0.15) is 0 Å². The van der Waals surface area contributed by atoms with Crippen molar-refractivity contribution in [1.29, 1.82) is 0 Å². The average Bonchev–Trinajstić information content (AvgIpc) is 1.96. The molecule has 0 aliphatic rings. The van der Waals surface area contributed by atoms with Crippen molar-refractivity contribution < 1.29 is 29.7 Å². The summed E-state index contributed by atoms with van der Waals surface area (Å²) >= 11 is 0. The zero-order valence-corrected chi connectivity index (χ0v) is 6.51. The Kier molecular flexibility index (Phi) is 4.21. The fourth-order valence-electron chi connectivity index (χ4n) is 0.624. The summed E-state index contributed by atoms with van der Waals surface area (Å²) in [6.07, 6.45) is 0.819. The molecule has 6 nitrogen and oxygen atoms in total. The van der Waals surface area contributed by atoms with Crippen LogP contribution < -0.4 is 0 Å². The van der Waals surface area contributed by atoms with Gasteiger partial charge in [-0.1, -0.05) is 6.08 Å². The van der Waals surface area contributed by atoms with Crippen LogP contribution in [0.3, 0.4) is 0 Å². The minimum Gasteiger partial charge on any atom is -0.481 e. The minimum absolute atomic E-state index is 0.613. The minimum atomic E-state index is -1.36. The first-order valence-electron chi connectivity index (χ1n) is 3.29. The number of carboxylic acids is 3. The van der Waals surface area contributed by atoms with E-state index in [1.807, 2.05) is 0 Å². The number of carbonyl (C=O) groups is 3. The molecule has 0 radical (unpaired) electrons. The Bertz CT molecular complexity index is 254. The summed E-state index contributed by atoms with van der Waals surface area (Å²) in [6.45, 7) is 0. The predicted octanol–water partition coefficient (Wildman–Crippen LogP) is -0.197. The van der Waals surface area contributed by atoms with Gasteiger partial charge in [-0.15, -0.1) is 0 Å². The number of hydrogen-bond acceptors (Lipinski definition) is 3. The molecule has 0 aromatic carbocycles. The Morgan fingerprint density at radius 1 is 1.15 bits per heavy atom. The van der Waals surface area contributed by atoms with Gasteiger partial charge in [0.2, 0.25) is 0 Å². The number of carboxylic acid groups (broad SMARTS) is 3. The highest BCUT2D eigenvalue weighted by molar-refractivity contribution is 5.83. The Morgan fingerprint density at radius 3 is 2.00 bits per heavy atom. The molecular weight excluding hydrogens is 180 g/mol. The van der Waals surface area contributed by atoms with E-state index in [9.17, 15) is 14.4 Å². The molecule has 1 unspecified atom stereocenters. The molecule has 0 aliphatic heterocycles. The monoisotopic (exact) mass is 188 g/mol. The molecule has 0 saturated carbocycles. The van der Waals surface area contributed by atoms with Gasteiger partial charge in [-0.05, 0) is 0 Å². The number of hydrogen-bond donors (Lipinski definition) is 3. The largest absolute Gasteiger partial charge is 0.481 e. The Balaban J connectivity index is 4.35. The van der Waals surface area contributed by atoms with E-state index in [1.54, 1.807) is 0 Å². The molecule has 0 aromatic rings. The number of aliphatic carboxylic acids is 3. The molecule has 0 saturated heterocycles. The van der Waals surface area contributed by atoms with Crippen LogP contribution in [-0.2, 0) is 14.4 Å². The average molecular weight is 188 g/mol. The zero-order valence-electron chi connectivity index (χ0n) is 6.51. The van der Waals surface area contributed by atoms with Crippen molar-refractivity contribution in [3.8, 4) is 0 Å². The SMILES string of the molecule is O=C(O)/C=C/C(CC(=O)O)C(=O)O. The van der Waals surface area contributed by atoms with Crippen LogP contribution in [0.1, 0.15) is 6.42 Å². The molecule has 13 heavy (non-hydrogen) atoms. The summed E-state index contributed by atoms with van der Waals surface area (Å²) in [5, 5.41) is 24.8. The van der Waals surface area contributed by atoms with E-state index in [1.165, 1.54) is 0 Å². The quantitative estimate of drug-likeness (QED) is 0.515. The van der Waals surface area contributed by atoms with Crippen LogP contribution in [0.4, 0.5) is 0 Å². The first-order valence-corrected chi connectivity index (χ1v) is 3.29. The third-order valence-electron chi connectivity index (χ3n) is 1.18. The third kappa shape index (κ3) is 5.42. The van der Waals surface area contributed by atoms with Crippen LogP contribution >= 0.6 is 0 Å². The fraction of sp³-hybridized carbons (Fsp3) is 0.286. The molecule has 0 aromatic heterocycles. The highest BCUT2D eigenvalue weighted by Crippen LogP contribution is 2.05. The molecule has 1 atom stereocenters. The number of rotatable bonds is 5. The lowest BCUT2D eigenvalue weighted by molar-refractivity contribution is -0.146. The fourth-order valence-corrected chi connectivity index (χ4v) is 0.624. The Hall–Kier alpha value is -1.85. The molecule has 3 N–H and O–H groups in total. The second-order valence-electron chi connectivity index (χ2n) is 2.24. The standard InChI is InChI=1S/C7H8O6/c8-5(9)2-1-4(7(12)13)3-6(10)11/h1-2,4H,3H2,(H,8,9)(H,10,11)(H,12,13)/b2-1+. The second kappa shape index (κ2) is 4.91. The van der Waals surface area contributed by atoms with Crippen molar-refractivity contribution in [3.05, 3.63) is 12.2 Å². The van der Waals surface area contributed by atoms with Crippen molar-refractivity contribution in [2.24, 2.45) is 5.92 Å². The van der Waals surface area contributed by atoms with Gasteiger partial charge < -0.3 is 15.3 Å². The summed E-state index contributed by atoms with van der Waals surface area (Å²) in [7, 11) is 0. The maximum Gasteiger partial charge on any atom is 0.328 e. The maximum atomic E-state index is 10.3. The van der Waals surface area contributed by atoms with Gasteiger partial charge >= 0.3 is 17.9 Å². The van der Waals surface area contributed by atoms with Crippen LogP contribution in [0.25, 0.3) is 0 Å². The molecule has 72 valence electrons. The lowest BCUT2D eigenvalue weighted by Gasteiger charge is -2.01. The summed E-state index contributed by atoms with van der Waals surface area (Å²) in [5.41, 5.74) is 0. The van der Waals surface area contributed by atoms with Crippen molar-refractivity contribution in [3.63, 3.8) is 0 Å². The van der Waals surface area contributed by atoms with Gasteiger partial charge in [-0.25, -0.2) is 4.79 Å². The smallest absolute Gasteiger partial charge is 0.328 e. The Morgan fingerprint density at radius 2 is 1.69 bits per heavy atom. The van der Waals surface area contributed by atoms with Crippen LogP contribution in [0.2, 0.25) is 0 Å². The first-order chi connectivity index (χ1) is 5.93. The van der Waals surface area contributed by atoms with E-state index in [4.69, 9.17) is 15.3 Å². The molecule has 0 bridgehead atoms. The molecular formula is C7H8O6. The molecule has 0 rings (SSSR count). The van der Waals surface area contributed by atoms with Gasteiger partial charge in [-0.3, -0.25) is 9.59 Å². The topological polar surface area (TPSA) is 112 Å². The summed E-state index contributed by atoms with van der Waals surface area (Å²) in [6, 6.07) is 0.